The number of hydrogen-bond donors (Lipinski definition) is 0. The highest BCUT2D eigenvalue weighted by Crippen LogP contribution is 2.26. The molecular formula is C21H18O3. The largest absolute Gasteiger partial charge is 0.509 e. The first-order chi connectivity index (χ1) is 11.8. The number of carbonyl (C=O) groups excluding carboxylic acids is 1. The van der Waals surface area contributed by atoms with Gasteiger partial charge in [-0.15, -0.1) is 0 Å². The van der Waals surface area contributed by atoms with Crippen molar-refractivity contribution in [2.45, 2.75) is 12.7 Å². The molecule has 3 nitrogen and oxygen atoms in total. The van der Waals surface area contributed by atoms with E-state index in [0.29, 0.717) is 0 Å². The first-order valence-corrected chi connectivity index (χ1v) is 7.80. The van der Waals surface area contributed by atoms with E-state index >= 15 is 0 Å². The number of hydrogen-bond acceptors (Lipinski definition) is 3. The number of ether oxygens (including phenoxy) is 2. The van der Waals surface area contributed by atoms with Crippen molar-refractivity contribution in [2.24, 2.45) is 0 Å². The van der Waals surface area contributed by atoms with Crippen molar-refractivity contribution in [3.05, 3.63) is 108 Å². The number of carbonyl (C=O) groups is 1. The Bertz CT molecular complexity index is 715. The molecule has 0 aromatic heterocycles. The Balaban J connectivity index is 1.71. The smallest absolute Gasteiger partial charge is 0.429 e. The lowest BCUT2D eigenvalue weighted by molar-refractivity contribution is 0.0298. The number of benzene rings is 3. The maximum absolute atomic E-state index is 12.1. The van der Waals surface area contributed by atoms with Crippen molar-refractivity contribution in [1.29, 1.82) is 0 Å². The highest BCUT2D eigenvalue weighted by Gasteiger charge is 2.19. The molecule has 0 aliphatic rings. The molecule has 0 N–H and O–H groups in total. The highest BCUT2D eigenvalue weighted by molar-refractivity contribution is 5.61. The Kier molecular flexibility index (Phi) is 5.25. The molecule has 0 spiro atoms. The van der Waals surface area contributed by atoms with Crippen molar-refractivity contribution in [2.75, 3.05) is 0 Å². The molecule has 0 saturated heterocycles. The zero-order valence-electron chi connectivity index (χ0n) is 13.2. The van der Waals surface area contributed by atoms with Crippen LogP contribution in [-0.2, 0) is 16.1 Å². The Hall–Kier alpha value is -3.07. The molecule has 0 unspecified atom stereocenters. The predicted octanol–water partition coefficient (Wildman–Crippen LogP) is 5.13. The molecule has 0 atom stereocenters. The summed E-state index contributed by atoms with van der Waals surface area (Å²) in [6.07, 6.45) is -1.17. The van der Waals surface area contributed by atoms with Gasteiger partial charge in [0.2, 0.25) is 0 Å². The first kappa shape index (κ1) is 15.8. The van der Waals surface area contributed by atoms with Gasteiger partial charge in [-0.3, -0.25) is 0 Å². The fraction of sp³-hybridized carbons (Fsp3) is 0.0952. The minimum atomic E-state index is -0.684. The van der Waals surface area contributed by atoms with Gasteiger partial charge in [0.25, 0.3) is 0 Å². The maximum Gasteiger partial charge on any atom is 0.509 e. The third-order valence-electron chi connectivity index (χ3n) is 3.62. The van der Waals surface area contributed by atoms with Gasteiger partial charge in [-0.05, 0) is 16.7 Å². The molecule has 24 heavy (non-hydrogen) atoms. The second kappa shape index (κ2) is 7.97. The van der Waals surface area contributed by atoms with Crippen LogP contribution in [0.4, 0.5) is 4.79 Å². The van der Waals surface area contributed by atoms with Gasteiger partial charge in [0.05, 0.1) is 0 Å². The molecule has 0 saturated carbocycles. The van der Waals surface area contributed by atoms with Gasteiger partial charge in [-0.25, -0.2) is 4.79 Å². The van der Waals surface area contributed by atoms with Crippen LogP contribution in [0.25, 0.3) is 0 Å². The molecule has 0 amide bonds. The van der Waals surface area contributed by atoms with Crippen LogP contribution in [0.5, 0.6) is 0 Å². The zero-order chi connectivity index (χ0) is 16.6. The van der Waals surface area contributed by atoms with E-state index in [1.807, 2.05) is 91.0 Å². The first-order valence-electron chi connectivity index (χ1n) is 7.80. The lowest BCUT2D eigenvalue weighted by Crippen LogP contribution is -2.14. The molecule has 3 aromatic rings. The summed E-state index contributed by atoms with van der Waals surface area (Å²) in [5.74, 6) is 0. The highest BCUT2D eigenvalue weighted by atomic mass is 16.7. The van der Waals surface area contributed by atoms with E-state index in [4.69, 9.17) is 9.47 Å². The average Bonchev–Trinajstić information content (AvgIpc) is 2.67. The lowest BCUT2D eigenvalue weighted by atomic mass is 10.0. The van der Waals surface area contributed by atoms with Gasteiger partial charge in [-0.2, -0.15) is 0 Å². The molecule has 0 heterocycles. The topological polar surface area (TPSA) is 35.5 Å². The zero-order valence-corrected chi connectivity index (χ0v) is 13.2. The Morgan fingerprint density at radius 2 is 1.17 bits per heavy atom. The van der Waals surface area contributed by atoms with Gasteiger partial charge in [-0.1, -0.05) is 91.0 Å². The van der Waals surface area contributed by atoms with E-state index in [1.54, 1.807) is 0 Å². The minimum absolute atomic E-state index is 0.190. The molecule has 0 aliphatic heterocycles. The molecule has 0 bridgehead atoms. The number of rotatable bonds is 5. The Morgan fingerprint density at radius 3 is 1.67 bits per heavy atom. The Morgan fingerprint density at radius 1 is 0.708 bits per heavy atom. The summed E-state index contributed by atoms with van der Waals surface area (Å²) in [5, 5.41) is 0. The van der Waals surface area contributed by atoms with Gasteiger partial charge < -0.3 is 9.47 Å². The van der Waals surface area contributed by atoms with Gasteiger partial charge in [0, 0.05) is 0 Å². The van der Waals surface area contributed by atoms with Crippen LogP contribution in [0.2, 0.25) is 0 Å². The normalized spacial score (nSPS) is 10.4. The van der Waals surface area contributed by atoms with Crippen LogP contribution in [0, 0.1) is 0 Å². The van der Waals surface area contributed by atoms with Crippen LogP contribution < -0.4 is 0 Å². The van der Waals surface area contributed by atoms with E-state index < -0.39 is 12.3 Å². The second-order valence-electron chi connectivity index (χ2n) is 5.34. The lowest BCUT2D eigenvalue weighted by Gasteiger charge is -2.18. The SMILES string of the molecule is O=C(OCc1ccccc1)OC(c1ccccc1)c1ccccc1. The minimum Gasteiger partial charge on any atom is -0.429 e. The van der Waals surface area contributed by atoms with E-state index in [2.05, 4.69) is 0 Å². The molecule has 3 aromatic carbocycles. The van der Waals surface area contributed by atoms with Crippen LogP contribution in [-0.4, -0.2) is 6.16 Å². The molecule has 120 valence electrons. The van der Waals surface area contributed by atoms with Crippen LogP contribution in [0.15, 0.2) is 91.0 Å². The summed E-state index contributed by atoms with van der Waals surface area (Å²) in [6, 6.07) is 28.8. The summed E-state index contributed by atoms with van der Waals surface area (Å²) in [4.78, 5) is 12.1. The van der Waals surface area contributed by atoms with Crippen LogP contribution in [0.1, 0.15) is 22.8 Å². The van der Waals surface area contributed by atoms with Gasteiger partial charge >= 0.3 is 6.16 Å². The predicted molar refractivity (Wildman–Crippen MR) is 92.4 cm³/mol. The average molecular weight is 318 g/mol. The van der Waals surface area contributed by atoms with Crippen LogP contribution >= 0.6 is 0 Å². The molecule has 3 rings (SSSR count). The van der Waals surface area contributed by atoms with Gasteiger partial charge in [0.15, 0.2) is 6.10 Å². The summed E-state index contributed by atoms with van der Waals surface area (Å²) in [5.41, 5.74) is 2.73. The van der Waals surface area contributed by atoms with E-state index in [1.165, 1.54) is 0 Å². The van der Waals surface area contributed by atoms with Crippen molar-refractivity contribution >= 4 is 6.16 Å². The fourth-order valence-electron chi connectivity index (χ4n) is 2.43. The van der Waals surface area contributed by atoms with E-state index in [9.17, 15) is 4.79 Å². The third-order valence-corrected chi connectivity index (χ3v) is 3.62. The molecule has 0 radical (unpaired) electrons. The third kappa shape index (κ3) is 4.23. The summed E-state index contributed by atoms with van der Waals surface area (Å²) in [6.45, 7) is 0.190. The molecule has 0 fully saturated rings. The van der Waals surface area contributed by atoms with Gasteiger partial charge in [0.1, 0.15) is 6.61 Å². The quantitative estimate of drug-likeness (QED) is 0.612. The summed E-state index contributed by atoms with van der Waals surface area (Å²) >= 11 is 0. The van der Waals surface area contributed by atoms with Crippen LogP contribution in [0.3, 0.4) is 0 Å². The van der Waals surface area contributed by atoms with Crippen molar-refractivity contribution < 1.29 is 14.3 Å². The van der Waals surface area contributed by atoms with E-state index in [-0.39, 0.29) is 6.61 Å². The van der Waals surface area contributed by atoms with Crippen molar-refractivity contribution in [1.82, 2.24) is 0 Å². The fourth-order valence-corrected chi connectivity index (χ4v) is 2.43. The van der Waals surface area contributed by atoms with Crippen molar-refractivity contribution in [3.8, 4) is 0 Å². The Labute approximate surface area is 141 Å². The maximum atomic E-state index is 12.1. The summed E-state index contributed by atoms with van der Waals surface area (Å²) in [7, 11) is 0. The monoisotopic (exact) mass is 318 g/mol. The molecule has 3 heteroatoms. The standard InChI is InChI=1S/C21H18O3/c22-21(23-16-17-10-4-1-5-11-17)24-20(18-12-6-2-7-13-18)19-14-8-3-9-15-19/h1-15,20H,16H2. The molecular weight excluding hydrogens is 300 g/mol. The molecule has 0 aliphatic carbocycles. The van der Waals surface area contributed by atoms with E-state index in [0.717, 1.165) is 16.7 Å². The van der Waals surface area contributed by atoms with Crippen molar-refractivity contribution in [3.63, 3.8) is 0 Å². The second-order valence-corrected chi connectivity index (χ2v) is 5.34. The summed E-state index contributed by atoms with van der Waals surface area (Å²) < 4.78 is 10.8.